The molecule has 1 heterocycles. The molecule has 0 saturated carbocycles. The number of carbonyl (C=O) groups is 2. The van der Waals surface area contributed by atoms with E-state index >= 15 is 0 Å². The Kier molecular flexibility index (Phi) is 8.49. The first-order valence-corrected chi connectivity index (χ1v) is 12.8. The maximum Gasteiger partial charge on any atom is 0.344 e. The summed E-state index contributed by atoms with van der Waals surface area (Å²) in [5.74, 6) is -2.33. The van der Waals surface area contributed by atoms with Gasteiger partial charge >= 0.3 is 5.97 Å². The van der Waals surface area contributed by atoms with Gasteiger partial charge in [0.2, 0.25) is 10.0 Å². The normalized spacial score (nSPS) is 11.5. The molecule has 0 bridgehead atoms. The number of hydrogen-bond acceptors (Lipinski definition) is 7. The zero-order valence-corrected chi connectivity index (χ0v) is 21.7. The second kappa shape index (κ2) is 11.2. The van der Waals surface area contributed by atoms with Gasteiger partial charge < -0.3 is 14.6 Å². The molecule has 0 spiro atoms. The molecule has 12 heteroatoms. The summed E-state index contributed by atoms with van der Waals surface area (Å²) >= 11 is 6.08. The van der Waals surface area contributed by atoms with Gasteiger partial charge in [-0.3, -0.25) is 4.79 Å². The van der Waals surface area contributed by atoms with Crippen molar-refractivity contribution >= 4 is 39.2 Å². The number of benzene rings is 2. The predicted octanol–water partition coefficient (Wildman–Crippen LogP) is 4.58. The zero-order chi connectivity index (χ0) is 26.6. The number of esters is 1. The molecular formula is C24H25ClFN3O6S. The molecule has 0 radical (unpaired) electrons. The van der Waals surface area contributed by atoms with Gasteiger partial charge in [0.1, 0.15) is 22.8 Å². The highest BCUT2D eigenvalue weighted by atomic mass is 35.5. The first kappa shape index (κ1) is 27.3. The maximum absolute atomic E-state index is 14.4. The van der Waals surface area contributed by atoms with Gasteiger partial charge in [-0.1, -0.05) is 42.7 Å². The summed E-state index contributed by atoms with van der Waals surface area (Å²) in [5.41, 5.74) is 0.290. The van der Waals surface area contributed by atoms with Crippen LogP contribution in [0.25, 0.3) is 11.3 Å². The number of hydrogen-bond donors (Lipinski definition) is 1. The molecule has 3 rings (SSSR count). The molecule has 0 fully saturated rings. The van der Waals surface area contributed by atoms with Crippen molar-refractivity contribution in [1.29, 1.82) is 0 Å². The molecule has 2 aromatic carbocycles. The fourth-order valence-corrected chi connectivity index (χ4v) is 5.53. The lowest BCUT2D eigenvalue weighted by atomic mass is 10.1. The van der Waals surface area contributed by atoms with Gasteiger partial charge in [0.25, 0.3) is 5.91 Å². The van der Waals surface area contributed by atoms with E-state index in [0.29, 0.717) is 18.7 Å². The minimum Gasteiger partial charge on any atom is -0.452 e. The molecule has 0 aliphatic rings. The molecule has 192 valence electrons. The van der Waals surface area contributed by atoms with Gasteiger partial charge in [-0.2, -0.15) is 4.31 Å². The summed E-state index contributed by atoms with van der Waals surface area (Å²) < 4.78 is 51.6. The van der Waals surface area contributed by atoms with Crippen molar-refractivity contribution in [1.82, 2.24) is 9.46 Å². The number of aromatic nitrogens is 1. The quantitative estimate of drug-likeness (QED) is 0.397. The highest BCUT2D eigenvalue weighted by molar-refractivity contribution is 7.89. The lowest BCUT2D eigenvalue weighted by Gasteiger charge is -2.20. The number of ether oxygens (including phenoxy) is 1. The molecule has 3 aromatic rings. The highest BCUT2D eigenvalue weighted by Gasteiger charge is 2.27. The maximum atomic E-state index is 14.4. The van der Waals surface area contributed by atoms with Gasteiger partial charge in [-0.25, -0.2) is 17.6 Å². The number of nitrogens with zero attached hydrogens (tertiary/aromatic N) is 2. The van der Waals surface area contributed by atoms with Crippen LogP contribution >= 0.6 is 11.6 Å². The number of rotatable bonds is 9. The fourth-order valence-electron chi connectivity index (χ4n) is 3.57. The molecule has 36 heavy (non-hydrogen) atoms. The molecule has 0 atom stereocenters. The SMILES string of the molecule is CCN(CC)S(=O)(=O)c1cc(NC(=O)COC(=O)c2c(-c3c(F)cccc3Cl)noc2C)ccc1C. The number of amides is 1. The van der Waals surface area contributed by atoms with Crippen LogP contribution in [0.1, 0.15) is 35.5 Å². The third-order valence-corrected chi connectivity index (χ3v) is 7.90. The molecule has 0 unspecified atom stereocenters. The molecular weight excluding hydrogens is 513 g/mol. The number of halogens is 2. The number of sulfonamides is 1. The van der Waals surface area contributed by atoms with Gasteiger partial charge in [0.15, 0.2) is 6.61 Å². The summed E-state index contributed by atoms with van der Waals surface area (Å²) in [6.45, 7) is 6.47. The van der Waals surface area contributed by atoms with Crippen LogP contribution in [0.3, 0.4) is 0 Å². The van der Waals surface area contributed by atoms with E-state index in [1.165, 1.54) is 29.4 Å². The average molecular weight is 538 g/mol. The van der Waals surface area contributed by atoms with E-state index in [2.05, 4.69) is 10.5 Å². The summed E-state index contributed by atoms with van der Waals surface area (Å²) in [7, 11) is -3.75. The van der Waals surface area contributed by atoms with E-state index in [9.17, 15) is 22.4 Å². The lowest BCUT2D eigenvalue weighted by Crippen LogP contribution is -2.31. The first-order chi connectivity index (χ1) is 17.0. The number of anilines is 1. The molecule has 0 saturated heterocycles. The Bertz CT molecular complexity index is 1380. The number of aryl methyl sites for hydroxylation is 2. The van der Waals surface area contributed by atoms with Crippen molar-refractivity contribution in [2.24, 2.45) is 0 Å². The van der Waals surface area contributed by atoms with Crippen LogP contribution in [0.5, 0.6) is 0 Å². The van der Waals surface area contributed by atoms with Crippen LogP contribution in [-0.2, 0) is 19.6 Å². The predicted molar refractivity (Wildman–Crippen MR) is 132 cm³/mol. The second-order valence-electron chi connectivity index (χ2n) is 7.75. The van der Waals surface area contributed by atoms with Gasteiger partial charge in [-0.05, 0) is 43.7 Å². The Morgan fingerprint density at radius 3 is 2.50 bits per heavy atom. The number of nitrogens with one attached hydrogen (secondary N) is 1. The molecule has 0 aliphatic heterocycles. The molecule has 1 aromatic heterocycles. The van der Waals surface area contributed by atoms with E-state index in [-0.39, 0.29) is 38.2 Å². The monoisotopic (exact) mass is 537 g/mol. The lowest BCUT2D eigenvalue weighted by molar-refractivity contribution is -0.119. The Morgan fingerprint density at radius 1 is 1.17 bits per heavy atom. The Labute approximate surface area is 213 Å². The summed E-state index contributed by atoms with van der Waals surface area (Å²) in [6.07, 6.45) is 0. The van der Waals surface area contributed by atoms with Crippen LogP contribution in [0.15, 0.2) is 45.8 Å². The van der Waals surface area contributed by atoms with Gasteiger partial charge in [0, 0.05) is 18.8 Å². The van der Waals surface area contributed by atoms with Crippen LogP contribution in [-0.4, -0.2) is 49.5 Å². The van der Waals surface area contributed by atoms with Crippen molar-refractivity contribution in [3.05, 3.63) is 64.1 Å². The average Bonchev–Trinajstić information content (AvgIpc) is 3.20. The minimum absolute atomic E-state index is 0.0185. The van der Waals surface area contributed by atoms with Gasteiger partial charge in [0.05, 0.1) is 15.5 Å². The summed E-state index contributed by atoms with van der Waals surface area (Å²) in [6, 6.07) is 8.46. The second-order valence-corrected chi connectivity index (χ2v) is 10.1. The van der Waals surface area contributed by atoms with Crippen molar-refractivity contribution in [3.8, 4) is 11.3 Å². The topological polar surface area (TPSA) is 119 Å². The van der Waals surface area contributed by atoms with Crippen LogP contribution in [0.2, 0.25) is 5.02 Å². The van der Waals surface area contributed by atoms with Crippen LogP contribution in [0.4, 0.5) is 10.1 Å². The van der Waals surface area contributed by atoms with E-state index in [4.69, 9.17) is 20.9 Å². The zero-order valence-electron chi connectivity index (χ0n) is 20.1. The van der Waals surface area contributed by atoms with E-state index in [1.807, 2.05) is 0 Å². The largest absolute Gasteiger partial charge is 0.452 e. The smallest absolute Gasteiger partial charge is 0.344 e. The molecule has 0 aliphatic carbocycles. The minimum atomic E-state index is -3.75. The summed E-state index contributed by atoms with van der Waals surface area (Å²) in [5, 5.41) is 6.27. The fraction of sp³-hybridized carbons (Fsp3) is 0.292. The van der Waals surface area contributed by atoms with Crippen molar-refractivity contribution in [2.45, 2.75) is 32.6 Å². The van der Waals surface area contributed by atoms with Crippen molar-refractivity contribution in [2.75, 3.05) is 25.0 Å². The Balaban J connectivity index is 1.75. The standard InChI is InChI=1S/C24H25ClFN3O6S/c1-5-29(6-2)36(32,33)19-12-16(11-10-14(19)3)27-20(30)13-34-24(31)21-15(4)35-28-23(21)22-17(25)8-7-9-18(22)26/h7-12H,5-6,13H2,1-4H3,(H,27,30). The van der Waals surface area contributed by atoms with Crippen molar-refractivity contribution < 1.29 is 31.7 Å². The highest BCUT2D eigenvalue weighted by Crippen LogP contribution is 2.33. The van der Waals surface area contributed by atoms with E-state index < -0.39 is 34.3 Å². The third-order valence-electron chi connectivity index (χ3n) is 5.40. The van der Waals surface area contributed by atoms with Crippen molar-refractivity contribution in [3.63, 3.8) is 0 Å². The first-order valence-electron chi connectivity index (χ1n) is 11.0. The molecule has 1 amide bonds. The van der Waals surface area contributed by atoms with Crippen LogP contribution < -0.4 is 5.32 Å². The number of carbonyl (C=O) groups excluding carboxylic acids is 2. The Hall–Kier alpha value is -3.28. The Morgan fingerprint density at radius 2 is 1.86 bits per heavy atom. The van der Waals surface area contributed by atoms with E-state index in [0.717, 1.165) is 6.07 Å². The van der Waals surface area contributed by atoms with Crippen LogP contribution in [0, 0.1) is 19.7 Å². The molecule has 1 N–H and O–H groups in total. The molecule has 9 nitrogen and oxygen atoms in total. The summed E-state index contributed by atoms with van der Waals surface area (Å²) in [4.78, 5) is 25.2. The third kappa shape index (κ3) is 5.58. The van der Waals surface area contributed by atoms with Gasteiger partial charge in [-0.15, -0.1) is 0 Å². The van der Waals surface area contributed by atoms with E-state index in [1.54, 1.807) is 32.9 Å².